The highest BCUT2D eigenvalue weighted by Gasteiger charge is 2.01. The van der Waals surface area contributed by atoms with E-state index in [4.69, 9.17) is 5.11 Å². The van der Waals surface area contributed by atoms with Crippen LogP contribution in [0.2, 0.25) is 0 Å². The Bertz CT molecular complexity index is 1010. The summed E-state index contributed by atoms with van der Waals surface area (Å²) >= 11 is 0. The van der Waals surface area contributed by atoms with Crippen molar-refractivity contribution in [2.24, 2.45) is 10.3 Å². The molecule has 0 bridgehead atoms. The number of aliphatic hydroxyl groups is 1. The first-order valence-corrected chi connectivity index (χ1v) is 10.1. The molecule has 31 heavy (non-hydrogen) atoms. The third-order valence-electron chi connectivity index (χ3n) is 4.52. The molecule has 6 nitrogen and oxygen atoms in total. The number of anilines is 3. The van der Waals surface area contributed by atoms with Gasteiger partial charge in [-0.05, 0) is 73.0 Å². The molecule has 0 amide bonds. The maximum atomic E-state index is 8.85. The van der Waals surface area contributed by atoms with Gasteiger partial charge in [0, 0.05) is 31.2 Å². The minimum Gasteiger partial charge on any atom is -0.396 e. The van der Waals surface area contributed by atoms with Gasteiger partial charge < -0.3 is 10.4 Å². The van der Waals surface area contributed by atoms with E-state index in [0.717, 1.165) is 28.3 Å². The van der Waals surface area contributed by atoms with Crippen molar-refractivity contribution in [3.05, 3.63) is 96.5 Å². The lowest BCUT2D eigenvalue weighted by atomic mass is 10.1. The van der Waals surface area contributed by atoms with E-state index >= 15 is 0 Å². The van der Waals surface area contributed by atoms with Crippen molar-refractivity contribution < 1.29 is 5.11 Å². The number of hydrogen-bond donors (Lipinski definition) is 2. The van der Waals surface area contributed by atoms with Crippen LogP contribution in [0, 0.1) is 0 Å². The summed E-state index contributed by atoms with van der Waals surface area (Å²) in [5.41, 5.74) is 5.61. The van der Waals surface area contributed by atoms with Gasteiger partial charge in [-0.2, -0.15) is 0 Å². The molecule has 3 aromatic rings. The predicted molar refractivity (Wildman–Crippen MR) is 128 cm³/mol. The molecule has 0 saturated heterocycles. The fraction of sp³-hybridized carbons (Fsp3) is 0.160. The summed E-state index contributed by atoms with van der Waals surface area (Å²) in [6.07, 6.45) is 7.10. The summed E-state index contributed by atoms with van der Waals surface area (Å²) in [5, 5.41) is 22.2. The van der Waals surface area contributed by atoms with Crippen LogP contribution in [0.1, 0.15) is 24.1 Å². The molecule has 0 unspecified atom stereocenters. The summed E-state index contributed by atoms with van der Waals surface area (Å²) in [6.45, 7) is 3.96. The highest BCUT2D eigenvalue weighted by atomic mass is 16.2. The maximum Gasteiger partial charge on any atom is 0.0629 e. The SMILES string of the molecule is C=C(CCCO)N=NN(C)c1ccc(Nc2ccc(/C=C/c3ccccn3)cc2)cc1. The molecule has 0 atom stereocenters. The average molecular weight is 414 g/mol. The summed E-state index contributed by atoms with van der Waals surface area (Å²) in [4.78, 5) is 4.29. The van der Waals surface area contributed by atoms with E-state index in [2.05, 4.69) is 39.3 Å². The number of aromatic nitrogens is 1. The van der Waals surface area contributed by atoms with Crippen molar-refractivity contribution in [3.8, 4) is 0 Å². The van der Waals surface area contributed by atoms with Crippen LogP contribution in [0.15, 0.2) is 95.5 Å². The second-order valence-electron chi connectivity index (χ2n) is 6.99. The Morgan fingerprint density at radius 3 is 2.39 bits per heavy atom. The van der Waals surface area contributed by atoms with E-state index in [0.29, 0.717) is 18.5 Å². The molecular formula is C25H27N5O. The number of rotatable bonds is 10. The fourth-order valence-electron chi connectivity index (χ4n) is 2.78. The summed E-state index contributed by atoms with van der Waals surface area (Å²) < 4.78 is 0. The number of hydrogen-bond acceptors (Lipinski definition) is 5. The van der Waals surface area contributed by atoms with Gasteiger partial charge >= 0.3 is 0 Å². The molecule has 1 aromatic heterocycles. The Balaban J connectivity index is 1.55. The monoisotopic (exact) mass is 413 g/mol. The van der Waals surface area contributed by atoms with Crippen molar-refractivity contribution in [3.63, 3.8) is 0 Å². The van der Waals surface area contributed by atoms with Crippen LogP contribution in [-0.2, 0) is 0 Å². The van der Waals surface area contributed by atoms with Crippen molar-refractivity contribution in [2.45, 2.75) is 12.8 Å². The Morgan fingerprint density at radius 2 is 1.74 bits per heavy atom. The first-order chi connectivity index (χ1) is 15.1. The van der Waals surface area contributed by atoms with Crippen LogP contribution in [-0.4, -0.2) is 23.7 Å². The molecule has 0 aliphatic heterocycles. The van der Waals surface area contributed by atoms with E-state index in [9.17, 15) is 0 Å². The van der Waals surface area contributed by atoms with Gasteiger partial charge in [0.1, 0.15) is 0 Å². The molecule has 0 fully saturated rings. The van der Waals surface area contributed by atoms with Crippen LogP contribution < -0.4 is 10.3 Å². The summed E-state index contributed by atoms with van der Waals surface area (Å²) in [6, 6.07) is 22.0. The first-order valence-electron chi connectivity index (χ1n) is 10.1. The minimum atomic E-state index is 0.128. The summed E-state index contributed by atoms with van der Waals surface area (Å²) in [7, 11) is 1.84. The molecule has 2 aromatic carbocycles. The Morgan fingerprint density at radius 1 is 1.03 bits per heavy atom. The van der Waals surface area contributed by atoms with E-state index in [-0.39, 0.29) is 6.61 Å². The van der Waals surface area contributed by atoms with Gasteiger partial charge in [-0.25, -0.2) is 0 Å². The highest BCUT2D eigenvalue weighted by molar-refractivity contribution is 5.70. The number of pyridine rings is 1. The molecule has 158 valence electrons. The molecule has 1 heterocycles. The zero-order valence-corrected chi connectivity index (χ0v) is 17.6. The standard InChI is InChI=1S/C25H27N5O/c1-20(6-5-19-31)28-29-30(2)25-16-14-24(15-17-25)27-23-12-9-21(10-13-23)8-11-22-7-3-4-18-26-22/h3-4,7-18,27,31H,1,5-6,19H2,2H3/b11-8+,29-28?. The molecule has 6 heteroatoms. The van der Waals surface area contributed by atoms with Gasteiger partial charge in [0.15, 0.2) is 0 Å². The Kier molecular flexibility index (Phi) is 8.08. The smallest absolute Gasteiger partial charge is 0.0629 e. The van der Waals surface area contributed by atoms with E-state index < -0.39 is 0 Å². The van der Waals surface area contributed by atoms with Crippen LogP contribution in [0.4, 0.5) is 17.1 Å². The molecule has 0 aliphatic carbocycles. The molecule has 3 rings (SSSR count). The van der Waals surface area contributed by atoms with E-state index in [1.54, 1.807) is 11.2 Å². The van der Waals surface area contributed by atoms with Crippen molar-refractivity contribution in [1.82, 2.24) is 4.98 Å². The van der Waals surface area contributed by atoms with Gasteiger partial charge in [-0.3, -0.25) is 9.99 Å². The number of aliphatic hydroxyl groups excluding tert-OH is 1. The maximum absolute atomic E-state index is 8.85. The van der Waals surface area contributed by atoms with Gasteiger partial charge in [-0.15, -0.1) is 5.11 Å². The number of allylic oxidation sites excluding steroid dienone is 1. The molecular weight excluding hydrogens is 386 g/mol. The largest absolute Gasteiger partial charge is 0.396 e. The lowest BCUT2D eigenvalue weighted by Gasteiger charge is -2.13. The lowest BCUT2D eigenvalue weighted by molar-refractivity contribution is 0.288. The summed E-state index contributed by atoms with van der Waals surface area (Å²) in [5.74, 6) is 0. The van der Waals surface area contributed by atoms with Gasteiger partial charge in [-0.1, -0.05) is 36.1 Å². The molecule has 0 aliphatic rings. The van der Waals surface area contributed by atoms with Crippen molar-refractivity contribution >= 4 is 29.2 Å². The molecule has 0 radical (unpaired) electrons. The van der Waals surface area contributed by atoms with E-state index in [1.807, 2.05) is 73.8 Å². The lowest BCUT2D eigenvalue weighted by Crippen LogP contribution is -2.07. The van der Waals surface area contributed by atoms with Gasteiger partial charge in [0.05, 0.1) is 17.1 Å². The van der Waals surface area contributed by atoms with Crippen LogP contribution in [0.3, 0.4) is 0 Å². The Hall–Kier alpha value is -3.77. The number of nitrogens with one attached hydrogen (secondary N) is 1. The highest BCUT2D eigenvalue weighted by Crippen LogP contribution is 2.22. The van der Waals surface area contributed by atoms with E-state index in [1.165, 1.54) is 0 Å². The molecule has 0 saturated carbocycles. The number of benzene rings is 2. The second kappa shape index (κ2) is 11.4. The topological polar surface area (TPSA) is 73.1 Å². The fourth-order valence-corrected chi connectivity index (χ4v) is 2.78. The van der Waals surface area contributed by atoms with Crippen LogP contribution in [0.25, 0.3) is 12.2 Å². The van der Waals surface area contributed by atoms with Crippen molar-refractivity contribution in [1.29, 1.82) is 0 Å². The zero-order chi connectivity index (χ0) is 21.9. The number of nitrogens with zero attached hydrogens (tertiary/aromatic N) is 4. The van der Waals surface area contributed by atoms with Crippen LogP contribution in [0.5, 0.6) is 0 Å². The Labute approximate surface area is 183 Å². The predicted octanol–water partition coefficient (Wildman–Crippen LogP) is 6.09. The minimum absolute atomic E-state index is 0.128. The first kappa shape index (κ1) is 21.9. The average Bonchev–Trinajstić information content (AvgIpc) is 2.82. The second-order valence-corrected chi connectivity index (χ2v) is 6.99. The molecule has 0 spiro atoms. The van der Waals surface area contributed by atoms with Crippen molar-refractivity contribution in [2.75, 3.05) is 24.0 Å². The quantitative estimate of drug-likeness (QED) is 0.312. The zero-order valence-electron chi connectivity index (χ0n) is 17.6. The third-order valence-corrected chi connectivity index (χ3v) is 4.52. The van der Waals surface area contributed by atoms with Crippen LogP contribution >= 0.6 is 0 Å². The molecule has 2 N–H and O–H groups in total. The normalized spacial score (nSPS) is 11.2. The van der Waals surface area contributed by atoms with Gasteiger partial charge in [0.25, 0.3) is 0 Å². The third kappa shape index (κ3) is 7.21. The van der Waals surface area contributed by atoms with Gasteiger partial charge in [0.2, 0.25) is 0 Å².